The van der Waals surface area contributed by atoms with Gasteiger partial charge in [0.15, 0.2) is 0 Å². The van der Waals surface area contributed by atoms with Gasteiger partial charge in [-0.2, -0.15) is 0 Å². The molecule has 2 aromatic carbocycles. The molecule has 0 radical (unpaired) electrons. The standard InChI is InChI=1S/C19H16N4O2/c1-12-16(17(23-25-12)13-7-3-2-4-8-13)19(24)22-21-18-15-10-6-5-9-14(15)11-20-18/h2-10H,11H2,1H3,(H,20,21)(H,22,24). The van der Waals surface area contributed by atoms with Gasteiger partial charge in [-0.05, 0) is 12.5 Å². The third-order valence-electron chi connectivity index (χ3n) is 4.11. The fraction of sp³-hybridized carbons (Fsp3) is 0.105. The number of aromatic nitrogens is 1. The minimum atomic E-state index is -0.315. The molecular weight excluding hydrogens is 316 g/mol. The predicted molar refractivity (Wildman–Crippen MR) is 94.0 cm³/mol. The van der Waals surface area contributed by atoms with Crippen LogP contribution in [0.2, 0.25) is 0 Å². The van der Waals surface area contributed by atoms with E-state index >= 15 is 0 Å². The fourth-order valence-electron chi connectivity index (χ4n) is 2.86. The quantitative estimate of drug-likeness (QED) is 0.707. The number of rotatable bonds is 2. The van der Waals surface area contributed by atoms with Crippen LogP contribution in [0.25, 0.3) is 11.3 Å². The summed E-state index contributed by atoms with van der Waals surface area (Å²) in [5, 5.41) is 4.03. The highest BCUT2D eigenvalue weighted by Gasteiger charge is 2.22. The lowest BCUT2D eigenvalue weighted by Gasteiger charge is -2.09. The molecule has 3 aromatic rings. The predicted octanol–water partition coefficient (Wildman–Crippen LogP) is 2.84. The van der Waals surface area contributed by atoms with Crippen molar-refractivity contribution in [2.24, 2.45) is 4.99 Å². The molecule has 0 aliphatic carbocycles. The number of carbonyl (C=O) groups excluding carboxylic acids is 1. The maximum absolute atomic E-state index is 12.7. The number of fused-ring (bicyclic) bond motifs is 1. The Morgan fingerprint density at radius 3 is 2.68 bits per heavy atom. The van der Waals surface area contributed by atoms with Gasteiger partial charge < -0.3 is 4.52 Å². The zero-order valence-corrected chi connectivity index (χ0v) is 13.6. The summed E-state index contributed by atoms with van der Waals surface area (Å²) in [5.74, 6) is 0.802. The van der Waals surface area contributed by atoms with Crippen LogP contribution in [0.3, 0.4) is 0 Å². The van der Waals surface area contributed by atoms with Crippen molar-refractivity contribution in [2.45, 2.75) is 13.5 Å². The van der Waals surface area contributed by atoms with Crippen molar-refractivity contribution < 1.29 is 9.32 Å². The molecule has 2 N–H and O–H groups in total. The van der Waals surface area contributed by atoms with Crippen LogP contribution in [0.5, 0.6) is 0 Å². The molecule has 0 saturated carbocycles. The number of hydrazine groups is 1. The molecule has 1 aliphatic heterocycles. The topological polar surface area (TPSA) is 79.5 Å². The molecule has 6 nitrogen and oxygen atoms in total. The van der Waals surface area contributed by atoms with E-state index in [4.69, 9.17) is 4.52 Å². The molecule has 0 saturated heterocycles. The molecule has 0 bridgehead atoms. The minimum Gasteiger partial charge on any atom is -0.360 e. The van der Waals surface area contributed by atoms with E-state index < -0.39 is 0 Å². The van der Waals surface area contributed by atoms with Crippen LogP contribution in [0.4, 0.5) is 0 Å². The number of aryl methyl sites for hydroxylation is 1. The van der Waals surface area contributed by atoms with Crippen molar-refractivity contribution in [1.29, 1.82) is 0 Å². The molecule has 0 unspecified atom stereocenters. The molecule has 124 valence electrons. The Morgan fingerprint density at radius 1 is 1.08 bits per heavy atom. The highest BCUT2D eigenvalue weighted by atomic mass is 16.5. The summed E-state index contributed by atoms with van der Waals surface area (Å²) in [7, 11) is 0. The smallest absolute Gasteiger partial charge is 0.275 e. The van der Waals surface area contributed by atoms with Gasteiger partial charge in [-0.15, -0.1) is 0 Å². The molecule has 0 fully saturated rings. The summed E-state index contributed by atoms with van der Waals surface area (Å²) in [6.45, 7) is 2.33. The molecule has 1 aromatic heterocycles. The van der Waals surface area contributed by atoms with E-state index in [1.54, 1.807) is 6.92 Å². The largest absolute Gasteiger partial charge is 0.360 e. The van der Waals surface area contributed by atoms with E-state index in [0.29, 0.717) is 29.4 Å². The Hall–Kier alpha value is -3.41. The van der Waals surface area contributed by atoms with Gasteiger partial charge in [0.25, 0.3) is 5.91 Å². The van der Waals surface area contributed by atoms with Gasteiger partial charge >= 0.3 is 0 Å². The van der Waals surface area contributed by atoms with Crippen LogP contribution in [0.15, 0.2) is 64.1 Å². The average Bonchev–Trinajstić information content (AvgIpc) is 3.24. The van der Waals surface area contributed by atoms with Gasteiger partial charge in [-0.25, -0.2) is 0 Å². The zero-order chi connectivity index (χ0) is 17.2. The first kappa shape index (κ1) is 15.1. The molecule has 6 heteroatoms. The van der Waals surface area contributed by atoms with Crippen LogP contribution in [-0.4, -0.2) is 16.9 Å². The number of carbonyl (C=O) groups is 1. The second-order valence-electron chi connectivity index (χ2n) is 5.73. The van der Waals surface area contributed by atoms with E-state index in [1.807, 2.05) is 54.6 Å². The van der Waals surface area contributed by atoms with E-state index in [-0.39, 0.29) is 5.91 Å². The third kappa shape index (κ3) is 2.78. The normalized spacial score (nSPS) is 12.4. The zero-order valence-electron chi connectivity index (χ0n) is 13.6. The first-order valence-corrected chi connectivity index (χ1v) is 7.95. The lowest BCUT2D eigenvalue weighted by molar-refractivity contribution is 0.0943. The van der Waals surface area contributed by atoms with Crippen molar-refractivity contribution in [3.8, 4) is 11.3 Å². The summed E-state index contributed by atoms with van der Waals surface area (Å²) in [4.78, 5) is 17.1. The summed E-state index contributed by atoms with van der Waals surface area (Å²) < 4.78 is 5.23. The SMILES string of the molecule is Cc1onc(-c2ccccc2)c1C(=O)NNC1=NCc2ccccc21. The monoisotopic (exact) mass is 332 g/mol. The summed E-state index contributed by atoms with van der Waals surface area (Å²) in [6, 6.07) is 17.4. The molecule has 4 rings (SSSR count). The first-order valence-electron chi connectivity index (χ1n) is 7.95. The number of hydrogen-bond acceptors (Lipinski definition) is 5. The average molecular weight is 332 g/mol. The van der Waals surface area contributed by atoms with Crippen molar-refractivity contribution >= 4 is 11.7 Å². The van der Waals surface area contributed by atoms with Gasteiger partial charge in [0.1, 0.15) is 22.9 Å². The van der Waals surface area contributed by atoms with Gasteiger partial charge in [0.05, 0.1) is 6.54 Å². The molecule has 0 spiro atoms. The van der Waals surface area contributed by atoms with Crippen LogP contribution in [0, 0.1) is 6.92 Å². The number of amides is 1. The van der Waals surface area contributed by atoms with Crippen molar-refractivity contribution in [3.63, 3.8) is 0 Å². The van der Waals surface area contributed by atoms with E-state index in [2.05, 4.69) is 21.0 Å². The third-order valence-corrected chi connectivity index (χ3v) is 4.11. The maximum Gasteiger partial charge on any atom is 0.275 e. The minimum absolute atomic E-state index is 0.315. The Balaban J connectivity index is 1.54. The van der Waals surface area contributed by atoms with Crippen LogP contribution < -0.4 is 10.9 Å². The molecular formula is C19H16N4O2. The Bertz CT molecular complexity index is 961. The number of hydrogen-bond donors (Lipinski definition) is 2. The van der Waals surface area contributed by atoms with Crippen LogP contribution in [0.1, 0.15) is 27.2 Å². The van der Waals surface area contributed by atoms with Crippen molar-refractivity contribution in [2.75, 3.05) is 0 Å². The molecule has 0 atom stereocenters. The molecule has 25 heavy (non-hydrogen) atoms. The lowest BCUT2D eigenvalue weighted by atomic mass is 10.1. The van der Waals surface area contributed by atoms with E-state index in [0.717, 1.165) is 16.7 Å². The molecule has 2 heterocycles. The highest BCUT2D eigenvalue weighted by Crippen LogP contribution is 2.24. The number of nitrogens with zero attached hydrogens (tertiary/aromatic N) is 2. The second-order valence-corrected chi connectivity index (χ2v) is 5.73. The van der Waals surface area contributed by atoms with Gasteiger partial charge in [0, 0.05) is 11.1 Å². The van der Waals surface area contributed by atoms with E-state index in [9.17, 15) is 4.79 Å². The fourth-order valence-corrected chi connectivity index (χ4v) is 2.86. The van der Waals surface area contributed by atoms with Gasteiger partial charge in [0.2, 0.25) is 0 Å². The number of benzene rings is 2. The lowest BCUT2D eigenvalue weighted by Crippen LogP contribution is -2.41. The number of aliphatic imine (C=N–C) groups is 1. The summed E-state index contributed by atoms with van der Waals surface area (Å²) >= 11 is 0. The Kier molecular flexibility index (Phi) is 3.78. The van der Waals surface area contributed by atoms with Crippen LogP contribution in [-0.2, 0) is 6.54 Å². The van der Waals surface area contributed by atoms with E-state index in [1.165, 1.54) is 0 Å². The van der Waals surface area contributed by atoms with Crippen molar-refractivity contribution in [1.82, 2.24) is 16.0 Å². The van der Waals surface area contributed by atoms with Gasteiger partial charge in [-0.3, -0.25) is 20.6 Å². The Labute approximate surface area is 144 Å². The maximum atomic E-state index is 12.7. The van der Waals surface area contributed by atoms with Crippen LogP contribution >= 0.6 is 0 Å². The second kappa shape index (κ2) is 6.24. The number of nitrogens with one attached hydrogen (secondary N) is 2. The summed E-state index contributed by atoms with van der Waals surface area (Å²) in [5.41, 5.74) is 9.49. The number of amidine groups is 1. The van der Waals surface area contributed by atoms with Gasteiger partial charge in [-0.1, -0.05) is 59.8 Å². The Morgan fingerprint density at radius 2 is 1.84 bits per heavy atom. The highest BCUT2D eigenvalue weighted by molar-refractivity contribution is 6.05. The molecule has 1 amide bonds. The summed E-state index contributed by atoms with van der Waals surface area (Å²) in [6.07, 6.45) is 0. The first-order chi connectivity index (χ1) is 12.2. The van der Waals surface area contributed by atoms with Crippen molar-refractivity contribution in [3.05, 3.63) is 77.0 Å². The molecule has 1 aliphatic rings.